The van der Waals surface area contributed by atoms with Crippen LogP contribution in [0.3, 0.4) is 0 Å². The van der Waals surface area contributed by atoms with Crippen molar-refractivity contribution in [3.63, 3.8) is 0 Å². The highest BCUT2D eigenvalue weighted by molar-refractivity contribution is 7.10. The number of rotatable bonds is 3. The van der Waals surface area contributed by atoms with Crippen LogP contribution < -0.4 is 5.32 Å². The fourth-order valence-corrected chi connectivity index (χ4v) is 3.33. The van der Waals surface area contributed by atoms with Gasteiger partial charge in [-0.1, -0.05) is 6.07 Å². The van der Waals surface area contributed by atoms with Gasteiger partial charge in [0.25, 0.3) is 0 Å². The number of piperidine rings is 1. The van der Waals surface area contributed by atoms with E-state index in [-0.39, 0.29) is 0 Å². The Bertz CT molecular complexity index is 308. The van der Waals surface area contributed by atoms with E-state index in [1.165, 1.54) is 19.5 Å². The lowest BCUT2D eigenvalue weighted by Gasteiger charge is -2.39. The summed E-state index contributed by atoms with van der Waals surface area (Å²) >= 11 is 1.90. The Morgan fingerprint density at radius 2 is 2.25 bits per heavy atom. The average Bonchev–Trinajstić information content (AvgIpc) is 2.81. The summed E-state index contributed by atoms with van der Waals surface area (Å²) in [5, 5.41) is 5.64. The number of likely N-dealkylation sites (N-methyl/N-ethyl adjacent to an activating group) is 1. The Morgan fingerprint density at radius 1 is 1.44 bits per heavy atom. The monoisotopic (exact) mass is 238 g/mol. The number of nitrogens with zero attached hydrogens (tertiary/aromatic N) is 1. The lowest BCUT2D eigenvalue weighted by atomic mass is 9.92. The van der Waals surface area contributed by atoms with E-state index in [4.69, 9.17) is 0 Å². The predicted octanol–water partition coefficient (Wildman–Crippen LogP) is 2.53. The Labute approximate surface area is 103 Å². The van der Waals surface area contributed by atoms with Gasteiger partial charge in [-0.3, -0.25) is 4.90 Å². The van der Waals surface area contributed by atoms with E-state index in [2.05, 4.69) is 48.6 Å². The first-order valence-corrected chi connectivity index (χ1v) is 7.03. The summed E-state index contributed by atoms with van der Waals surface area (Å²) in [6.07, 6.45) is 1.28. The van der Waals surface area contributed by atoms with Crippen LogP contribution in [-0.2, 0) is 0 Å². The zero-order valence-corrected chi connectivity index (χ0v) is 11.3. The third-order valence-electron chi connectivity index (χ3n) is 3.56. The first-order valence-electron chi connectivity index (χ1n) is 6.15. The minimum atomic E-state index is 0.642. The average molecular weight is 238 g/mol. The molecule has 0 radical (unpaired) electrons. The SMILES string of the molecule is CNC1CC(c2cccs2)CN(C(C)C)C1. The molecule has 1 aliphatic heterocycles. The van der Waals surface area contributed by atoms with Crippen molar-refractivity contribution in [2.24, 2.45) is 0 Å². The maximum atomic E-state index is 3.44. The molecule has 0 aromatic carbocycles. The predicted molar refractivity (Wildman–Crippen MR) is 71.2 cm³/mol. The summed E-state index contributed by atoms with van der Waals surface area (Å²) in [5.74, 6) is 0.716. The van der Waals surface area contributed by atoms with Crippen LogP contribution in [0.15, 0.2) is 17.5 Å². The van der Waals surface area contributed by atoms with E-state index in [9.17, 15) is 0 Å². The summed E-state index contributed by atoms with van der Waals surface area (Å²) < 4.78 is 0. The molecule has 2 atom stereocenters. The molecule has 1 aliphatic rings. The van der Waals surface area contributed by atoms with Crippen LogP contribution in [0.2, 0.25) is 0 Å². The molecule has 2 unspecified atom stereocenters. The molecular weight excluding hydrogens is 216 g/mol. The summed E-state index contributed by atoms with van der Waals surface area (Å²) in [4.78, 5) is 4.14. The molecule has 0 aliphatic carbocycles. The second-order valence-corrected chi connectivity index (χ2v) is 5.96. The fourth-order valence-electron chi connectivity index (χ4n) is 2.49. The van der Waals surface area contributed by atoms with E-state index in [0.717, 1.165) is 0 Å². The molecule has 1 aromatic heterocycles. The van der Waals surface area contributed by atoms with Crippen molar-refractivity contribution < 1.29 is 0 Å². The molecule has 2 nitrogen and oxygen atoms in total. The van der Waals surface area contributed by atoms with Gasteiger partial charge >= 0.3 is 0 Å². The maximum absolute atomic E-state index is 3.44. The van der Waals surface area contributed by atoms with E-state index >= 15 is 0 Å². The van der Waals surface area contributed by atoms with E-state index in [0.29, 0.717) is 18.0 Å². The lowest BCUT2D eigenvalue weighted by Crippen LogP contribution is -2.49. The molecule has 1 aromatic rings. The van der Waals surface area contributed by atoms with E-state index in [1.54, 1.807) is 4.88 Å². The van der Waals surface area contributed by atoms with Crippen molar-refractivity contribution >= 4 is 11.3 Å². The molecule has 3 heteroatoms. The van der Waals surface area contributed by atoms with Gasteiger partial charge in [0.2, 0.25) is 0 Å². The molecular formula is C13H22N2S. The summed E-state index contributed by atoms with van der Waals surface area (Å²) in [6, 6.07) is 5.75. The number of likely N-dealkylation sites (tertiary alicyclic amines) is 1. The van der Waals surface area contributed by atoms with Crippen molar-refractivity contribution in [3.8, 4) is 0 Å². The van der Waals surface area contributed by atoms with E-state index < -0.39 is 0 Å². The standard InChI is InChI=1S/C13H22N2S/c1-10(2)15-8-11(7-12(9-15)14-3)13-5-4-6-16-13/h4-6,10-12,14H,7-9H2,1-3H3. The Kier molecular flexibility index (Phi) is 4.00. The summed E-state index contributed by atoms with van der Waals surface area (Å²) in [6.45, 7) is 7.00. The van der Waals surface area contributed by atoms with Crippen LogP contribution >= 0.6 is 11.3 Å². The van der Waals surface area contributed by atoms with Crippen molar-refractivity contribution in [2.75, 3.05) is 20.1 Å². The van der Waals surface area contributed by atoms with Crippen LogP contribution in [0.1, 0.15) is 31.1 Å². The lowest BCUT2D eigenvalue weighted by molar-refractivity contribution is 0.142. The second-order valence-electron chi connectivity index (χ2n) is 4.98. The largest absolute Gasteiger partial charge is 0.316 e. The molecule has 2 heterocycles. The number of nitrogens with one attached hydrogen (secondary N) is 1. The Hall–Kier alpha value is -0.380. The van der Waals surface area contributed by atoms with Gasteiger partial charge in [0.15, 0.2) is 0 Å². The first kappa shape index (κ1) is 12.1. The van der Waals surface area contributed by atoms with Gasteiger partial charge in [0, 0.05) is 36.0 Å². The maximum Gasteiger partial charge on any atom is 0.0198 e. The molecule has 0 saturated carbocycles. The summed E-state index contributed by atoms with van der Waals surface area (Å²) in [5.41, 5.74) is 0. The van der Waals surface area contributed by atoms with Gasteiger partial charge in [-0.05, 0) is 38.8 Å². The zero-order valence-electron chi connectivity index (χ0n) is 10.4. The first-order chi connectivity index (χ1) is 7.70. The topological polar surface area (TPSA) is 15.3 Å². The molecule has 1 fully saturated rings. The molecule has 1 N–H and O–H groups in total. The Balaban J connectivity index is 2.08. The van der Waals surface area contributed by atoms with Gasteiger partial charge in [0.05, 0.1) is 0 Å². The second kappa shape index (κ2) is 5.30. The third-order valence-corrected chi connectivity index (χ3v) is 4.60. The minimum Gasteiger partial charge on any atom is -0.316 e. The highest BCUT2D eigenvalue weighted by atomic mass is 32.1. The van der Waals surface area contributed by atoms with Crippen molar-refractivity contribution in [3.05, 3.63) is 22.4 Å². The molecule has 1 saturated heterocycles. The molecule has 0 spiro atoms. The number of thiophene rings is 1. The fraction of sp³-hybridized carbons (Fsp3) is 0.692. The normalized spacial score (nSPS) is 27.5. The zero-order chi connectivity index (χ0) is 11.5. The molecule has 0 amide bonds. The molecule has 90 valence electrons. The van der Waals surface area contributed by atoms with Crippen LogP contribution in [-0.4, -0.2) is 37.1 Å². The van der Waals surface area contributed by atoms with Crippen molar-refractivity contribution in [2.45, 2.75) is 38.3 Å². The molecule has 0 bridgehead atoms. The van der Waals surface area contributed by atoms with Gasteiger partial charge in [-0.25, -0.2) is 0 Å². The Morgan fingerprint density at radius 3 is 2.81 bits per heavy atom. The smallest absolute Gasteiger partial charge is 0.0198 e. The van der Waals surface area contributed by atoms with Gasteiger partial charge in [-0.2, -0.15) is 0 Å². The highest BCUT2D eigenvalue weighted by Crippen LogP contribution is 2.30. The summed E-state index contributed by atoms with van der Waals surface area (Å²) in [7, 11) is 2.08. The molecule has 16 heavy (non-hydrogen) atoms. The third kappa shape index (κ3) is 2.65. The van der Waals surface area contributed by atoms with Crippen molar-refractivity contribution in [1.82, 2.24) is 10.2 Å². The van der Waals surface area contributed by atoms with Gasteiger partial charge in [-0.15, -0.1) is 11.3 Å². The van der Waals surface area contributed by atoms with Crippen LogP contribution in [0.25, 0.3) is 0 Å². The number of hydrogen-bond acceptors (Lipinski definition) is 3. The van der Waals surface area contributed by atoms with Crippen LogP contribution in [0.5, 0.6) is 0 Å². The van der Waals surface area contributed by atoms with E-state index in [1.807, 2.05) is 11.3 Å². The minimum absolute atomic E-state index is 0.642. The quantitative estimate of drug-likeness (QED) is 0.870. The van der Waals surface area contributed by atoms with Crippen molar-refractivity contribution in [1.29, 1.82) is 0 Å². The van der Waals surface area contributed by atoms with Crippen LogP contribution in [0, 0.1) is 0 Å². The highest BCUT2D eigenvalue weighted by Gasteiger charge is 2.28. The molecule has 2 rings (SSSR count). The van der Waals surface area contributed by atoms with Gasteiger partial charge in [0.1, 0.15) is 0 Å². The van der Waals surface area contributed by atoms with Gasteiger partial charge < -0.3 is 5.32 Å². The number of hydrogen-bond donors (Lipinski definition) is 1. The van der Waals surface area contributed by atoms with Crippen LogP contribution in [0.4, 0.5) is 0 Å².